The van der Waals surface area contributed by atoms with Gasteiger partial charge in [-0.15, -0.1) is 24.8 Å². The van der Waals surface area contributed by atoms with Crippen molar-refractivity contribution in [2.75, 3.05) is 13.7 Å². The molecule has 2 unspecified atom stereocenters. The Hall–Kier alpha value is -2.26. The monoisotopic (exact) mass is 430 g/mol. The summed E-state index contributed by atoms with van der Waals surface area (Å²) in [5.41, 5.74) is 0.925. The predicted molar refractivity (Wildman–Crippen MR) is 98.2 cm³/mol. The molecule has 10 heteroatoms. The fourth-order valence-corrected chi connectivity index (χ4v) is 4.57. The van der Waals surface area contributed by atoms with Gasteiger partial charge in [0.05, 0.1) is 23.7 Å². The standard InChI is InChI=1S/C19H18ClF3N2O4/c1-9-16-15(11-5-10(28-19(21,22)23)3-4-13(11)25-9)12(20)6-18(29-16)7-14(24-8-18)17(26)27-2/h3-5,12,14,24H,6-8H2,1-2H3/t12?,14-,18?/m0/s1. The summed E-state index contributed by atoms with van der Waals surface area (Å²) in [6.45, 7) is 2.14. The van der Waals surface area contributed by atoms with Gasteiger partial charge >= 0.3 is 12.3 Å². The maximum atomic E-state index is 12.6. The highest BCUT2D eigenvalue weighted by Crippen LogP contribution is 2.50. The normalized spacial score (nSPS) is 26.3. The fourth-order valence-electron chi connectivity index (χ4n) is 4.07. The number of fused-ring (bicyclic) bond motifs is 3. The van der Waals surface area contributed by atoms with Crippen molar-refractivity contribution in [2.24, 2.45) is 0 Å². The number of pyridine rings is 1. The van der Waals surface area contributed by atoms with Crippen LogP contribution >= 0.6 is 11.6 Å². The number of rotatable bonds is 2. The minimum Gasteiger partial charge on any atom is -0.484 e. The highest BCUT2D eigenvalue weighted by molar-refractivity contribution is 6.22. The molecule has 4 rings (SSSR count). The lowest BCUT2D eigenvalue weighted by Gasteiger charge is -2.38. The van der Waals surface area contributed by atoms with E-state index in [4.69, 9.17) is 21.1 Å². The number of carbonyl (C=O) groups is 1. The van der Waals surface area contributed by atoms with Gasteiger partial charge in [0.1, 0.15) is 23.1 Å². The Morgan fingerprint density at radius 3 is 2.83 bits per heavy atom. The van der Waals surface area contributed by atoms with E-state index in [9.17, 15) is 18.0 Å². The molecule has 2 aromatic rings. The summed E-state index contributed by atoms with van der Waals surface area (Å²) in [5.74, 6) is -0.305. The van der Waals surface area contributed by atoms with Gasteiger partial charge in [0.25, 0.3) is 0 Å². The van der Waals surface area contributed by atoms with E-state index in [0.717, 1.165) is 0 Å². The first-order valence-corrected chi connectivity index (χ1v) is 9.39. The van der Waals surface area contributed by atoms with Crippen molar-refractivity contribution in [1.82, 2.24) is 10.3 Å². The topological polar surface area (TPSA) is 69.7 Å². The summed E-state index contributed by atoms with van der Waals surface area (Å²) >= 11 is 6.70. The van der Waals surface area contributed by atoms with Gasteiger partial charge in [0.2, 0.25) is 0 Å². The average molecular weight is 431 g/mol. The molecule has 156 valence electrons. The number of alkyl halides is 4. The number of methoxy groups -OCH3 is 1. The second kappa shape index (κ2) is 6.91. The zero-order valence-electron chi connectivity index (χ0n) is 15.6. The van der Waals surface area contributed by atoms with Gasteiger partial charge < -0.3 is 19.5 Å². The van der Waals surface area contributed by atoms with Crippen molar-refractivity contribution >= 4 is 28.5 Å². The minimum atomic E-state index is -4.80. The van der Waals surface area contributed by atoms with Gasteiger partial charge in [0.15, 0.2) is 0 Å². The lowest BCUT2D eigenvalue weighted by molar-refractivity contribution is -0.274. The van der Waals surface area contributed by atoms with Crippen LogP contribution in [0.1, 0.15) is 29.5 Å². The van der Waals surface area contributed by atoms with Crippen LogP contribution in [0.15, 0.2) is 18.2 Å². The SMILES string of the molecule is COC(=O)[C@@H]1CC2(CN1)CC(Cl)c1c(c(C)nc3ccc(OC(F)(F)F)cc13)O2. The Balaban J connectivity index is 1.75. The van der Waals surface area contributed by atoms with Crippen molar-refractivity contribution in [2.45, 2.75) is 43.1 Å². The molecule has 2 aliphatic rings. The van der Waals surface area contributed by atoms with E-state index in [-0.39, 0.29) is 11.7 Å². The molecule has 0 bridgehead atoms. The van der Waals surface area contributed by atoms with Crippen molar-refractivity contribution in [3.05, 3.63) is 29.5 Å². The molecule has 3 atom stereocenters. The molecule has 0 radical (unpaired) electrons. The molecule has 29 heavy (non-hydrogen) atoms. The summed E-state index contributed by atoms with van der Waals surface area (Å²) in [7, 11) is 1.32. The average Bonchev–Trinajstić information content (AvgIpc) is 3.03. The van der Waals surface area contributed by atoms with Crippen LogP contribution in [0.25, 0.3) is 10.9 Å². The zero-order valence-corrected chi connectivity index (χ0v) is 16.4. The third-order valence-corrected chi connectivity index (χ3v) is 5.64. The van der Waals surface area contributed by atoms with Gasteiger partial charge in [0, 0.05) is 30.3 Å². The lowest BCUT2D eigenvalue weighted by atomic mass is 9.87. The molecule has 6 nitrogen and oxygen atoms in total. The smallest absolute Gasteiger partial charge is 0.484 e. The third kappa shape index (κ3) is 3.69. The number of nitrogens with zero attached hydrogens (tertiary/aromatic N) is 1. The number of nitrogens with one attached hydrogen (secondary N) is 1. The molecular weight excluding hydrogens is 413 g/mol. The molecule has 1 saturated heterocycles. The molecular formula is C19H18ClF3N2O4. The van der Waals surface area contributed by atoms with Crippen LogP contribution in [0.5, 0.6) is 11.5 Å². The van der Waals surface area contributed by atoms with E-state index >= 15 is 0 Å². The van der Waals surface area contributed by atoms with E-state index in [2.05, 4.69) is 15.0 Å². The van der Waals surface area contributed by atoms with Gasteiger partial charge in [-0.25, -0.2) is 4.98 Å². The molecule has 3 heterocycles. The number of ether oxygens (including phenoxy) is 3. The van der Waals surface area contributed by atoms with Crippen LogP contribution in [0, 0.1) is 6.92 Å². The second-order valence-electron chi connectivity index (χ2n) is 7.28. The van der Waals surface area contributed by atoms with Crippen molar-refractivity contribution in [3.8, 4) is 11.5 Å². The first kappa shape index (κ1) is 20.0. The van der Waals surface area contributed by atoms with Crippen molar-refractivity contribution in [1.29, 1.82) is 0 Å². The van der Waals surface area contributed by atoms with Crippen molar-refractivity contribution < 1.29 is 32.2 Å². The number of benzene rings is 1. The quantitative estimate of drug-likeness (QED) is 0.577. The lowest BCUT2D eigenvalue weighted by Crippen LogP contribution is -2.42. The number of carbonyl (C=O) groups excluding carboxylic acids is 1. The van der Waals surface area contributed by atoms with Crippen LogP contribution in [0.4, 0.5) is 13.2 Å². The van der Waals surface area contributed by atoms with Gasteiger partial charge in [-0.2, -0.15) is 0 Å². The van der Waals surface area contributed by atoms with E-state index in [0.29, 0.717) is 47.3 Å². The zero-order chi connectivity index (χ0) is 21.0. The summed E-state index contributed by atoms with van der Waals surface area (Å²) in [5, 5.41) is 2.99. The fraction of sp³-hybridized carbons (Fsp3) is 0.474. The second-order valence-corrected chi connectivity index (χ2v) is 7.81. The highest BCUT2D eigenvalue weighted by Gasteiger charge is 2.49. The van der Waals surface area contributed by atoms with Crippen LogP contribution < -0.4 is 14.8 Å². The van der Waals surface area contributed by atoms with Crippen LogP contribution in [-0.4, -0.2) is 42.6 Å². The first-order valence-electron chi connectivity index (χ1n) is 8.95. The Kier molecular flexibility index (Phi) is 4.77. The Labute approximate surface area is 169 Å². The number of halogens is 4. The maximum Gasteiger partial charge on any atom is 0.573 e. The van der Waals surface area contributed by atoms with Gasteiger partial charge in [-0.1, -0.05) is 0 Å². The number of aromatic nitrogens is 1. The maximum absolute atomic E-state index is 12.6. The number of esters is 1. The van der Waals surface area contributed by atoms with Crippen LogP contribution in [-0.2, 0) is 9.53 Å². The number of hydrogen-bond acceptors (Lipinski definition) is 6. The van der Waals surface area contributed by atoms with E-state index in [1.165, 1.54) is 25.3 Å². The third-order valence-electron chi connectivity index (χ3n) is 5.27. The van der Waals surface area contributed by atoms with Crippen molar-refractivity contribution in [3.63, 3.8) is 0 Å². The first-order chi connectivity index (χ1) is 13.6. The molecule has 0 amide bonds. The Morgan fingerprint density at radius 1 is 1.38 bits per heavy atom. The van der Waals surface area contributed by atoms with Gasteiger partial charge in [-0.3, -0.25) is 4.79 Å². The summed E-state index contributed by atoms with van der Waals surface area (Å²) in [6.07, 6.45) is -4.05. The number of hydrogen-bond donors (Lipinski definition) is 1. The summed E-state index contributed by atoms with van der Waals surface area (Å²) in [4.78, 5) is 16.3. The molecule has 1 fully saturated rings. The molecule has 0 saturated carbocycles. The Morgan fingerprint density at radius 2 is 2.14 bits per heavy atom. The van der Waals surface area contributed by atoms with E-state index in [1.807, 2.05) is 0 Å². The summed E-state index contributed by atoms with van der Waals surface area (Å²) in [6, 6.07) is 3.44. The van der Waals surface area contributed by atoms with Crippen LogP contribution in [0.3, 0.4) is 0 Å². The predicted octanol–water partition coefficient (Wildman–Crippen LogP) is 3.78. The Bertz CT molecular complexity index is 984. The molecule has 2 aliphatic heterocycles. The minimum absolute atomic E-state index is 0.352. The van der Waals surface area contributed by atoms with E-state index < -0.39 is 23.4 Å². The molecule has 0 aliphatic carbocycles. The van der Waals surface area contributed by atoms with Gasteiger partial charge in [-0.05, 0) is 25.1 Å². The van der Waals surface area contributed by atoms with Crippen LogP contribution in [0.2, 0.25) is 0 Å². The number of aryl methyl sites for hydroxylation is 1. The molecule has 1 aromatic heterocycles. The highest BCUT2D eigenvalue weighted by atomic mass is 35.5. The molecule has 1 N–H and O–H groups in total. The van der Waals surface area contributed by atoms with E-state index in [1.54, 1.807) is 6.92 Å². The molecule has 1 aromatic carbocycles. The largest absolute Gasteiger partial charge is 0.573 e. The molecule has 1 spiro atoms. The summed E-state index contributed by atoms with van der Waals surface area (Å²) < 4.78 is 53.0.